The first-order chi connectivity index (χ1) is 14.9. The van der Waals surface area contributed by atoms with Gasteiger partial charge in [-0.3, -0.25) is 4.79 Å². The topological polar surface area (TPSA) is 114 Å². The summed E-state index contributed by atoms with van der Waals surface area (Å²) in [6, 6.07) is 15.2. The number of carboxylic acids is 1. The molecule has 0 fully saturated rings. The molecule has 2 unspecified atom stereocenters. The fourth-order valence-electron chi connectivity index (χ4n) is 3.70. The quantitative estimate of drug-likeness (QED) is 0.568. The number of aliphatic carboxylic acids is 1. The number of fused-ring (bicyclic) bond motifs is 3. The lowest BCUT2D eigenvalue weighted by molar-refractivity contribution is -0.149. The normalized spacial score (nSPS) is 14.1. The molecule has 3 N–H and O–H groups in total. The third kappa shape index (κ3) is 5.21. The van der Waals surface area contributed by atoms with E-state index in [1.165, 1.54) is 14.0 Å². The van der Waals surface area contributed by atoms with Gasteiger partial charge in [0.1, 0.15) is 12.6 Å². The number of nitrogens with one attached hydrogen (secondary N) is 2. The predicted octanol–water partition coefficient (Wildman–Crippen LogP) is 2.52. The minimum atomic E-state index is -1.10. The average molecular weight is 426 g/mol. The molecule has 0 saturated carbocycles. The Bertz CT molecular complexity index is 915. The Kier molecular flexibility index (Phi) is 7.25. The summed E-state index contributed by atoms with van der Waals surface area (Å²) in [6.45, 7) is 1.80. The Morgan fingerprint density at radius 3 is 2.16 bits per heavy atom. The first-order valence-electron chi connectivity index (χ1n) is 10.1. The standard InChI is InChI=1S/C23H26N2O6/c1-14(21(26)24-12-11-20(30-2)22(27)28)25-23(29)31-13-19-17-9-5-3-7-15(17)16-8-4-6-10-18(16)19/h3-10,14,19-20H,11-13H2,1-2H3,(H,24,26)(H,25,29)(H,27,28). The molecular weight excluding hydrogens is 400 g/mol. The number of hydrogen-bond acceptors (Lipinski definition) is 5. The summed E-state index contributed by atoms with van der Waals surface area (Å²) in [7, 11) is 1.29. The van der Waals surface area contributed by atoms with E-state index in [4.69, 9.17) is 14.6 Å². The maximum absolute atomic E-state index is 12.2. The van der Waals surface area contributed by atoms with E-state index in [-0.39, 0.29) is 25.5 Å². The van der Waals surface area contributed by atoms with Crippen molar-refractivity contribution in [3.8, 4) is 11.1 Å². The fraction of sp³-hybridized carbons (Fsp3) is 0.348. The molecule has 8 heteroatoms. The Morgan fingerprint density at radius 2 is 1.61 bits per heavy atom. The third-order valence-corrected chi connectivity index (χ3v) is 5.34. The Hall–Kier alpha value is -3.39. The fourth-order valence-corrected chi connectivity index (χ4v) is 3.70. The van der Waals surface area contributed by atoms with Crippen LogP contribution in [0.15, 0.2) is 48.5 Å². The molecule has 0 radical (unpaired) electrons. The number of ether oxygens (including phenoxy) is 2. The van der Waals surface area contributed by atoms with Gasteiger partial charge in [0.05, 0.1) is 0 Å². The molecule has 0 saturated heterocycles. The van der Waals surface area contributed by atoms with Crippen molar-refractivity contribution in [3.63, 3.8) is 0 Å². The van der Waals surface area contributed by atoms with Crippen molar-refractivity contribution in [1.29, 1.82) is 0 Å². The van der Waals surface area contributed by atoms with E-state index in [1.54, 1.807) is 0 Å². The van der Waals surface area contributed by atoms with Crippen LogP contribution in [0.3, 0.4) is 0 Å². The van der Waals surface area contributed by atoms with Crippen LogP contribution < -0.4 is 10.6 Å². The van der Waals surface area contributed by atoms with Gasteiger partial charge >= 0.3 is 12.1 Å². The molecular formula is C23H26N2O6. The van der Waals surface area contributed by atoms with Gasteiger partial charge in [-0.05, 0) is 29.2 Å². The number of amides is 2. The van der Waals surface area contributed by atoms with Crippen LogP contribution in [0.1, 0.15) is 30.4 Å². The van der Waals surface area contributed by atoms with Gasteiger partial charge in [0, 0.05) is 26.0 Å². The van der Waals surface area contributed by atoms with Crippen molar-refractivity contribution in [3.05, 3.63) is 59.7 Å². The molecule has 31 heavy (non-hydrogen) atoms. The number of carbonyl (C=O) groups excluding carboxylic acids is 2. The van der Waals surface area contributed by atoms with Crippen molar-refractivity contribution in [2.24, 2.45) is 0 Å². The summed E-state index contributed by atoms with van der Waals surface area (Å²) < 4.78 is 10.2. The van der Waals surface area contributed by atoms with Crippen LogP contribution in [0.2, 0.25) is 0 Å². The highest BCUT2D eigenvalue weighted by Crippen LogP contribution is 2.44. The molecule has 1 aliphatic rings. The van der Waals surface area contributed by atoms with E-state index >= 15 is 0 Å². The summed E-state index contributed by atoms with van der Waals surface area (Å²) >= 11 is 0. The van der Waals surface area contributed by atoms with Gasteiger partial charge in [0.15, 0.2) is 6.10 Å². The van der Waals surface area contributed by atoms with Gasteiger partial charge in [-0.1, -0.05) is 48.5 Å². The Labute approximate surface area is 180 Å². The van der Waals surface area contributed by atoms with Crippen LogP contribution in [0.25, 0.3) is 11.1 Å². The predicted molar refractivity (Wildman–Crippen MR) is 114 cm³/mol. The zero-order valence-electron chi connectivity index (χ0n) is 17.5. The Balaban J connectivity index is 1.50. The lowest BCUT2D eigenvalue weighted by Gasteiger charge is -2.17. The Morgan fingerprint density at radius 1 is 1.03 bits per heavy atom. The molecule has 0 aliphatic heterocycles. The minimum absolute atomic E-state index is 0.0655. The minimum Gasteiger partial charge on any atom is -0.479 e. The zero-order chi connectivity index (χ0) is 22.4. The first kappa shape index (κ1) is 22.3. The van der Waals surface area contributed by atoms with Crippen LogP contribution in [0.4, 0.5) is 4.79 Å². The SMILES string of the molecule is COC(CCNC(=O)C(C)NC(=O)OCC1c2ccccc2-c2ccccc21)C(=O)O. The number of methoxy groups -OCH3 is 1. The van der Waals surface area contributed by atoms with Gasteiger partial charge in [-0.25, -0.2) is 9.59 Å². The number of alkyl carbamates (subject to hydrolysis) is 1. The molecule has 8 nitrogen and oxygen atoms in total. The second kappa shape index (κ2) is 10.1. The summed E-state index contributed by atoms with van der Waals surface area (Å²) in [5.74, 6) is -1.60. The van der Waals surface area contributed by atoms with Gasteiger partial charge in [-0.2, -0.15) is 0 Å². The molecule has 0 aromatic heterocycles. The van der Waals surface area contributed by atoms with Crippen LogP contribution in [0.5, 0.6) is 0 Å². The second-order valence-electron chi connectivity index (χ2n) is 7.33. The van der Waals surface area contributed by atoms with Crippen LogP contribution >= 0.6 is 0 Å². The second-order valence-corrected chi connectivity index (χ2v) is 7.33. The zero-order valence-corrected chi connectivity index (χ0v) is 17.5. The molecule has 164 valence electrons. The lowest BCUT2D eigenvalue weighted by atomic mass is 9.98. The molecule has 1 aliphatic carbocycles. The van der Waals surface area contributed by atoms with Crippen molar-refractivity contribution in [2.75, 3.05) is 20.3 Å². The highest BCUT2D eigenvalue weighted by molar-refractivity contribution is 5.85. The van der Waals surface area contributed by atoms with E-state index in [0.29, 0.717) is 0 Å². The number of carbonyl (C=O) groups is 3. The third-order valence-electron chi connectivity index (χ3n) is 5.34. The number of carboxylic acid groups (broad SMARTS) is 1. The highest BCUT2D eigenvalue weighted by atomic mass is 16.5. The molecule has 2 aromatic carbocycles. The lowest BCUT2D eigenvalue weighted by Crippen LogP contribution is -2.46. The van der Waals surface area contributed by atoms with Gasteiger partial charge in [0.25, 0.3) is 0 Å². The molecule has 2 aromatic rings. The molecule has 0 bridgehead atoms. The molecule has 2 atom stereocenters. The molecule has 0 heterocycles. The highest BCUT2D eigenvalue weighted by Gasteiger charge is 2.29. The van der Waals surface area contributed by atoms with Crippen molar-refractivity contribution in [2.45, 2.75) is 31.4 Å². The first-order valence-corrected chi connectivity index (χ1v) is 10.1. The van der Waals surface area contributed by atoms with E-state index < -0.39 is 30.1 Å². The van der Waals surface area contributed by atoms with Gasteiger partial charge in [-0.15, -0.1) is 0 Å². The van der Waals surface area contributed by atoms with Crippen LogP contribution in [0, 0.1) is 0 Å². The van der Waals surface area contributed by atoms with Crippen LogP contribution in [-0.4, -0.2) is 55.5 Å². The smallest absolute Gasteiger partial charge is 0.407 e. The van der Waals surface area contributed by atoms with E-state index in [9.17, 15) is 14.4 Å². The van der Waals surface area contributed by atoms with Gasteiger partial charge in [0.2, 0.25) is 5.91 Å². The van der Waals surface area contributed by atoms with Gasteiger partial charge < -0.3 is 25.2 Å². The maximum Gasteiger partial charge on any atom is 0.407 e. The van der Waals surface area contributed by atoms with Crippen molar-refractivity contribution < 1.29 is 29.0 Å². The maximum atomic E-state index is 12.2. The largest absolute Gasteiger partial charge is 0.479 e. The molecule has 0 spiro atoms. The van der Waals surface area contributed by atoms with E-state index in [2.05, 4.69) is 22.8 Å². The molecule has 3 rings (SSSR count). The van der Waals surface area contributed by atoms with Crippen molar-refractivity contribution >= 4 is 18.0 Å². The summed E-state index contributed by atoms with van der Waals surface area (Å²) in [5.41, 5.74) is 4.48. The number of hydrogen-bond donors (Lipinski definition) is 3. The number of benzene rings is 2. The summed E-state index contributed by atoms with van der Waals surface area (Å²) in [6.07, 6.45) is -1.56. The summed E-state index contributed by atoms with van der Waals surface area (Å²) in [4.78, 5) is 35.3. The number of rotatable bonds is 9. The van der Waals surface area contributed by atoms with E-state index in [1.807, 2.05) is 36.4 Å². The van der Waals surface area contributed by atoms with Crippen molar-refractivity contribution in [1.82, 2.24) is 10.6 Å². The van der Waals surface area contributed by atoms with E-state index in [0.717, 1.165) is 22.3 Å². The molecule has 2 amide bonds. The van der Waals surface area contributed by atoms with Crippen LogP contribution in [-0.2, 0) is 19.1 Å². The monoisotopic (exact) mass is 426 g/mol. The summed E-state index contributed by atoms with van der Waals surface area (Å²) in [5, 5.41) is 14.0. The average Bonchev–Trinajstić information content (AvgIpc) is 3.08.